The lowest BCUT2D eigenvalue weighted by Crippen LogP contribution is -2.04. The van der Waals surface area contributed by atoms with E-state index in [0.29, 0.717) is 18.5 Å². The number of unbranched alkanes of at least 4 members (excludes halogenated alkanes) is 1. The van der Waals surface area contributed by atoms with Crippen LogP contribution in [0.3, 0.4) is 0 Å². The second-order valence-corrected chi connectivity index (χ2v) is 5.89. The Labute approximate surface area is 131 Å². The molecule has 0 aliphatic heterocycles. The molecule has 22 heavy (non-hydrogen) atoms. The van der Waals surface area contributed by atoms with E-state index in [4.69, 9.17) is 5.11 Å². The van der Waals surface area contributed by atoms with Crippen LogP contribution in [0.25, 0.3) is 10.9 Å². The number of carboxylic acid groups (broad SMARTS) is 1. The van der Waals surface area contributed by atoms with Crippen LogP contribution < -0.4 is 0 Å². The Morgan fingerprint density at radius 1 is 1.23 bits per heavy atom. The maximum absolute atomic E-state index is 11.4. The molecule has 2 rings (SSSR count). The van der Waals surface area contributed by atoms with Gasteiger partial charge in [0.2, 0.25) is 0 Å². The Morgan fingerprint density at radius 3 is 2.55 bits per heavy atom. The number of fused-ring (bicyclic) bond motifs is 1. The maximum atomic E-state index is 11.4. The fourth-order valence-corrected chi connectivity index (χ4v) is 3.12. The van der Waals surface area contributed by atoms with Crippen molar-refractivity contribution in [2.45, 2.75) is 53.0 Å². The monoisotopic (exact) mass is 303 g/mol. The molecule has 0 aliphatic carbocycles. The fourth-order valence-electron chi connectivity index (χ4n) is 3.12. The van der Waals surface area contributed by atoms with Crippen molar-refractivity contribution >= 4 is 16.9 Å². The van der Waals surface area contributed by atoms with Crippen molar-refractivity contribution in [3.05, 3.63) is 34.5 Å². The normalized spacial score (nSPS) is 11.3. The summed E-state index contributed by atoms with van der Waals surface area (Å²) in [5, 5.41) is 19.6. The summed E-state index contributed by atoms with van der Waals surface area (Å²) >= 11 is 0. The topological polar surface area (TPSA) is 62.5 Å². The maximum Gasteiger partial charge on any atom is 0.336 e. The summed E-state index contributed by atoms with van der Waals surface area (Å²) in [5.74, 6) is -0.887. The van der Waals surface area contributed by atoms with Gasteiger partial charge in [-0.1, -0.05) is 13.3 Å². The van der Waals surface area contributed by atoms with Crippen molar-refractivity contribution in [3.8, 4) is 0 Å². The van der Waals surface area contributed by atoms with E-state index in [-0.39, 0.29) is 6.61 Å². The summed E-state index contributed by atoms with van der Waals surface area (Å²) in [5.41, 5.74) is 4.64. The lowest BCUT2D eigenvalue weighted by atomic mass is 10.0. The molecule has 0 saturated carbocycles. The number of hydrogen-bond donors (Lipinski definition) is 2. The Kier molecular flexibility index (Phi) is 5.24. The number of aryl methyl sites for hydroxylation is 3. The van der Waals surface area contributed by atoms with Gasteiger partial charge in [-0.15, -0.1) is 0 Å². The van der Waals surface area contributed by atoms with Crippen LogP contribution in [0.1, 0.15) is 53.4 Å². The molecular weight excluding hydrogens is 278 g/mol. The van der Waals surface area contributed by atoms with Gasteiger partial charge in [0, 0.05) is 29.7 Å². The number of aliphatic hydroxyl groups excluding tert-OH is 1. The number of aromatic carboxylic acids is 1. The van der Waals surface area contributed by atoms with Gasteiger partial charge < -0.3 is 14.8 Å². The molecule has 0 amide bonds. The predicted molar refractivity (Wildman–Crippen MR) is 88.7 cm³/mol. The molecule has 0 saturated heterocycles. The predicted octanol–water partition coefficient (Wildman–Crippen LogP) is 3.68. The van der Waals surface area contributed by atoms with E-state index < -0.39 is 5.97 Å². The highest BCUT2D eigenvalue weighted by Crippen LogP contribution is 2.30. The average molecular weight is 303 g/mol. The first-order valence-corrected chi connectivity index (χ1v) is 7.97. The summed E-state index contributed by atoms with van der Waals surface area (Å²) < 4.78 is 2.16. The number of aliphatic hydroxyl groups is 1. The van der Waals surface area contributed by atoms with Crippen LogP contribution in [0.5, 0.6) is 0 Å². The molecule has 0 fully saturated rings. The first-order valence-electron chi connectivity index (χ1n) is 7.97. The zero-order chi connectivity index (χ0) is 16.3. The summed E-state index contributed by atoms with van der Waals surface area (Å²) in [7, 11) is 0. The van der Waals surface area contributed by atoms with Gasteiger partial charge in [0.05, 0.1) is 5.56 Å². The van der Waals surface area contributed by atoms with Gasteiger partial charge in [-0.3, -0.25) is 0 Å². The number of aromatic nitrogens is 1. The molecule has 0 radical (unpaired) electrons. The number of carbonyl (C=O) groups is 1. The van der Waals surface area contributed by atoms with Gasteiger partial charge in [0.1, 0.15) is 0 Å². The molecule has 0 bridgehead atoms. The van der Waals surface area contributed by atoms with Crippen LogP contribution in [0.2, 0.25) is 0 Å². The third kappa shape index (κ3) is 3.02. The van der Waals surface area contributed by atoms with Crippen LogP contribution in [0, 0.1) is 13.8 Å². The lowest BCUT2D eigenvalue weighted by molar-refractivity contribution is 0.0696. The van der Waals surface area contributed by atoms with Crippen molar-refractivity contribution in [2.75, 3.05) is 6.61 Å². The third-order valence-corrected chi connectivity index (χ3v) is 4.35. The molecule has 1 aromatic heterocycles. The van der Waals surface area contributed by atoms with E-state index in [1.165, 1.54) is 11.3 Å². The van der Waals surface area contributed by atoms with Gasteiger partial charge in [-0.25, -0.2) is 4.79 Å². The minimum absolute atomic E-state index is 0.140. The summed E-state index contributed by atoms with van der Waals surface area (Å²) in [6.45, 7) is 6.98. The third-order valence-electron chi connectivity index (χ3n) is 4.35. The molecule has 0 atom stereocenters. The van der Waals surface area contributed by atoms with Crippen molar-refractivity contribution in [3.63, 3.8) is 0 Å². The Bertz CT molecular complexity index is 685. The van der Waals surface area contributed by atoms with Gasteiger partial charge in [-0.2, -0.15) is 0 Å². The molecule has 1 aromatic carbocycles. The van der Waals surface area contributed by atoms with Crippen LogP contribution in [0.4, 0.5) is 0 Å². The van der Waals surface area contributed by atoms with E-state index in [9.17, 15) is 9.90 Å². The van der Waals surface area contributed by atoms with Crippen molar-refractivity contribution in [2.24, 2.45) is 0 Å². The minimum Gasteiger partial charge on any atom is -0.478 e. The van der Waals surface area contributed by atoms with Gasteiger partial charge >= 0.3 is 5.97 Å². The zero-order valence-electron chi connectivity index (χ0n) is 13.6. The Morgan fingerprint density at radius 2 is 1.95 bits per heavy atom. The molecule has 120 valence electrons. The molecule has 4 nitrogen and oxygen atoms in total. The van der Waals surface area contributed by atoms with Crippen molar-refractivity contribution in [1.29, 1.82) is 0 Å². The molecule has 1 heterocycles. The van der Waals surface area contributed by atoms with Gasteiger partial charge in [-0.05, 0) is 56.4 Å². The molecular formula is C18H25NO3. The highest BCUT2D eigenvalue weighted by atomic mass is 16.4. The Hall–Kier alpha value is -1.81. The summed E-state index contributed by atoms with van der Waals surface area (Å²) in [6.07, 6.45) is 3.94. The van der Waals surface area contributed by atoms with Crippen LogP contribution in [-0.2, 0) is 13.0 Å². The number of nitrogens with zero attached hydrogens (tertiary/aromatic N) is 1. The van der Waals surface area contributed by atoms with E-state index in [0.717, 1.165) is 35.7 Å². The van der Waals surface area contributed by atoms with Gasteiger partial charge in [0.25, 0.3) is 0 Å². The first kappa shape index (κ1) is 16.6. The van der Waals surface area contributed by atoms with Crippen molar-refractivity contribution in [1.82, 2.24) is 4.57 Å². The SMILES string of the molecule is CCCCc1c(C)n(CCCO)c2cc(C(=O)O)c(C)cc12. The molecule has 0 unspecified atom stereocenters. The average Bonchev–Trinajstić information content (AvgIpc) is 2.73. The largest absolute Gasteiger partial charge is 0.478 e. The van der Waals surface area contributed by atoms with Crippen LogP contribution >= 0.6 is 0 Å². The van der Waals surface area contributed by atoms with Crippen LogP contribution in [-0.4, -0.2) is 27.4 Å². The first-order chi connectivity index (χ1) is 10.5. The number of benzene rings is 1. The standard InChI is InChI=1S/C18H25NO3/c1-4-5-7-14-13(3)19(8-6-9-20)17-11-15(18(21)22)12(2)10-16(14)17/h10-11,20H,4-9H2,1-3H3,(H,21,22). The summed E-state index contributed by atoms with van der Waals surface area (Å²) in [4.78, 5) is 11.4. The molecule has 2 aromatic rings. The molecule has 2 N–H and O–H groups in total. The smallest absolute Gasteiger partial charge is 0.336 e. The van der Waals surface area contributed by atoms with E-state index >= 15 is 0 Å². The fraction of sp³-hybridized carbons (Fsp3) is 0.500. The zero-order valence-corrected chi connectivity index (χ0v) is 13.6. The molecule has 4 heteroatoms. The molecule has 0 spiro atoms. The second kappa shape index (κ2) is 6.97. The lowest BCUT2D eigenvalue weighted by Gasteiger charge is -2.08. The van der Waals surface area contributed by atoms with E-state index in [2.05, 4.69) is 18.4 Å². The number of carboxylic acids is 1. The van der Waals surface area contributed by atoms with Crippen molar-refractivity contribution < 1.29 is 15.0 Å². The van der Waals surface area contributed by atoms with Gasteiger partial charge in [0.15, 0.2) is 0 Å². The minimum atomic E-state index is -0.887. The highest BCUT2D eigenvalue weighted by Gasteiger charge is 2.17. The highest BCUT2D eigenvalue weighted by molar-refractivity contribution is 5.96. The van der Waals surface area contributed by atoms with E-state index in [1.54, 1.807) is 6.07 Å². The number of rotatable bonds is 7. The summed E-state index contributed by atoms with van der Waals surface area (Å²) in [6, 6.07) is 3.79. The second-order valence-electron chi connectivity index (χ2n) is 5.89. The molecule has 0 aliphatic rings. The number of hydrogen-bond acceptors (Lipinski definition) is 2. The Balaban J connectivity index is 2.65. The van der Waals surface area contributed by atoms with Crippen LogP contribution in [0.15, 0.2) is 12.1 Å². The van der Waals surface area contributed by atoms with E-state index in [1.807, 2.05) is 13.0 Å². The quantitative estimate of drug-likeness (QED) is 0.820.